The van der Waals surface area contributed by atoms with Gasteiger partial charge in [0.2, 0.25) is 0 Å². The van der Waals surface area contributed by atoms with Crippen molar-refractivity contribution in [1.82, 2.24) is 0 Å². The van der Waals surface area contributed by atoms with Crippen LogP contribution in [0.15, 0.2) is 23.1 Å². The van der Waals surface area contributed by atoms with Crippen LogP contribution >= 0.6 is 23.4 Å². The molecular weight excluding hydrogens is 272 g/mol. The molecule has 7 heteroatoms. The van der Waals surface area contributed by atoms with Crippen molar-refractivity contribution >= 4 is 29.1 Å². The zero-order valence-corrected chi connectivity index (χ0v) is 10.3. The van der Waals surface area contributed by atoms with Gasteiger partial charge >= 0.3 is 0 Å². The second kappa shape index (κ2) is 6.76. The van der Waals surface area contributed by atoms with Gasteiger partial charge in [-0.15, -0.1) is 23.4 Å². The van der Waals surface area contributed by atoms with Crippen molar-refractivity contribution in [3.05, 3.63) is 33.9 Å². The standard InChI is InChI=1S/C10H10ClF2NO2S/c11-4-1-5-17-9-3-2-7(14(15)16)6-8(9)10(12)13/h2-3,6,10H,1,4-5H2. The molecule has 0 saturated heterocycles. The second-order valence-corrected chi connectivity index (χ2v) is 4.69. The largest absolute Gasteiger partial charge is 0.269 e. The highest BCUT2D eigenvalue weighted by Gasteiger charge is 2.17. The van der Waals surface area contributed by atoms with E-state index in [0.717, 1.165) is 6.07 Å². The number of benzene rings is 1. The molecule has 1 rings (SSSR count). The molecule has 0 N–H and O–H groups in total. The Morgan fingerprint density at radius 1 is 1.47 bits per heavy atom. The third-order valence-electron chi connectivity index (χ3n) is 1.97. The van der Waals surface area contributed by atoms with E-state index in [9.17, 15) is 18.9 Å². The highest BCUT2D eigenvalue weighted by molar-refractivity contribution is 7.99. The van der Waals surface area contributed by atoms with Gasteiger partial charge in [0.15, 0.2) is 0 Å². The Labute approximate surface area is 106 Å². The third kappa shape index (κ3) is 4.12. The summed E-state index contributed by atoms with van der Waals surface area (Å²) in [6.45, 7) is 0. The molecule has 0 spiro atoms. The van der Waals surface area contributed by atoms with Crippen molar-refractivity contribution in [2.45, 2.75) is 17.7 Å². The third-order valence-corrected chi connectivity index (χ3v) is 3.42. The Kier molecular flexibility index (Phi) is 5.64. The molecule has 0 saturated carbocycles. The number of hydrogen-bond donors (Lipinski definition) is 0. The average Bonchev–Trinajstić information content (AvgIpc) is 2.29. The molecule has 0 aliphatic carbocycles. The zero-order valence-electron chi connectivity index (χ0n) is 8.74. The molecule has 0 bridgehead atoms. The van der Waals surface area contributed by atoms with E-state index in [1.54, 1.807) is 0 Å². The molecule has 94 valence electrons. The maximum atomic E-state index is 12.7. The quantitative estimate of drug-likeness (QED) is 0.257. The van der Waals surface area contributed by atoms with Gasteiger partial charge in [0, 0.05) is 28.5 Å². The fraction of sp³-hybridized carbons (Fsp3) is 0.400. The Balaban J connectivity index is 2.92. The van der Waals surface area contributed by atoms with Gasteiger partial charge in [-0.3, -0.25) is 10.1 Å². The maximum absolute atomic E-state index is 12.7. The molecule has 0 atom stereocenters. The van der Waals surface area contributed by atoms with E-state index in [1.165, 1.54) is 23.9 Å². The van der Waals surface area contributed by atoms with Gasteiger partial charge in [-0.05, 0) is 18.2 Å². The Bertz CT molecular complexity index is 404. The summed E-state index contributed by atoms with van der Waals surface area (Å²) in [5, 5.41) is 10.5. The van der Waals surface area contributed by atoms with Crippen molar-refractivity contribution in [3.8, 4) is 0 Å². The molecule has 0 fully saturated rings. The highest BCUT2D eigenvalue weighted by Crippen LogP contribution is 2.33. The maximum Gasteiger partial charge on any atom is 0.269 e. The molecule has 0 radical (unpaired) electrons. The minimum Gasteiger partial charge on any atom is -0.258 e. The van der Waals surface area contributed by atoms with Crippen LogP contribution in [0.4, 0.5) is 14.5 Å². The first-order valence-electron chi connectivity index (χ1n) is 4.81. The summed E-state index contributed by atoms with van der Waals surface area (Å²) in [5.74, 6) is 1.07. The summed E-state index contributed by atoms with van der Waals surface area (Å²) in [4.78, 5) is 10.2. The number of non-ortho nitro benzene ring substituents is 1. The first kappa shape index (κ1) is 14.2. The lowest BCUT2D eigenvalue weighted by atomic mass is 10.2. The fourth-order valence-electron chi connectivity index (χ4n) is 1.19. The van der Waals surface area contributed by atoms with E-state index in [0.29, 0.717) is 22.9 Å². The number of hydrogen-bond acceptors (Lipinski definition) is 3. The molecule has 0 aliphatic heterocycles. The van der Waals surface area contributed by atoms with Gasteiger partial charge in [-0.2, -0.15) is 0 Å². The lowest BCUT2D eigenvalue weighted by Crippen LogP contribution is -1.94. The van der Waals surface area contributed by atoms with E-state index in [4.69, 9.17) is 11.6 Å². The molecule has 17 heavy (non-hydrogen) atoms. The fourth-order valence-corrected chi connectivity index (χ4v) is 2.47. The van der Waals surface area contributed by atoms with Crippen LogP contribution in [0.3, 0.4) is 0 Å². The van der Waals surface area contributed by atoms with Crippen LogP contribution in [0.5, 0.6) is 0 Å². The molecule has 1 aromatic carbocycles. The van der Waals surface area contributed by atoms with Gasteiger partial charge < -0.3 is 0 Å². The smallest absolute Gasteiger partial charge is 0.258 e. The number of nitro benzene ring substituents is 1. The van der Waals surface area contributed by atoms with E-state index >= 15 is 0 Å². The minimum atomic E-state index is -2.71. The summed E-state index contributed by atoms with van der Waals surface area (Å²) in [5.41, 5.74) is -0.610. The molecule has 0 unspecified atom stereocenters. The van der Waals surface area contributed by atoms with Crippen molar-refractivity contribution < 1.29 is 13.7 Å². The van der Waals surface area contributed by atoms with E-state index in [2.05, 4.69) is 0 Å². The predicted molar refractivity (Wildman–Crippen MR) is 64.1 cm³/mol. The van der Waals surface area contributed by atoms with Crippen LogP contribution in [0, 0.1) is 10.1 Å². The van der Waals surface area contributed by atoms with Crippen LogP contribution in [-0.4, -0.2) is 16.6 Å². The Hall–Kier alpha value is -0.880. The molecule has 1 aromatic rings. The number of nitro groups is 1. The van der Waals surface area contributed by atoms with Gasteiger partial charge in [-0.25, -0.2) is 8.78 Å². The van der Waals surface area contributed by atoms with Crippen LogP contribution < -0.4 is 0 Å². The number of halogens is 3. The van der Waals surface area contributed by atoms with Gasteiger partial charge in [0.05, 0.1) is 4.92 Å². The van der Waals surface area contributed by atoms with Crippen LogP contribution in [0.25, 0.3) is 0 Å². The van der Waals surface area contributed by atoms with Crippen LogP contribution in [0.1, 0.15) is 18.4 Å². The summed E-state index contributed by atoms with van der Waals surface area (Å²) < 4.78 is 25.4. The number of alkyl halides is 3. The van der Waals surface area contributed by atoms with E-state index in [1.807, 2.05) is 0 Å². The first-order valence-corrected chi connectivity index (χ1v) is 6.33. The Morgan fingerprint density at radius 3 is 2.71 bits per heavy atom. The van der Waals surface area contributed by atoms with E-state index < -0.39 is 11.3 Å². The monoisotopic (exact) mass is 281 g/mol. The topological polar surface area (TPSA) is 43.1 Å². The van der Waals surface area contributed by atoms with Crippen molar-refractivity contribution in [2.24, 2.45) is 0 Å². The van der Waals surface area contributed by atoms with E-state index in [-0.39, 0.29) is 11.3 Å². The molecule has 0 amide bonds. The summed E-state index contributed by atoms with van der Waals surface area (Å²) in [7, 11) is 0. The summed E-state index contributed by atoms with van der Waals surface area (Å²) in [6.07, 6.45) is -2.01. The highest BCUT2D eigenvalue weighted by atomic mass is 35.5. The van der Waals surface area contributed by atoms with Crippen molar-refractivity contribution in [2.75, 3.05) is 11.6 Å². The normalized spacial score (nSPS) is 10.8. The zero-order chi connectivity index (χ0) is 12.8. The molecule has 0 aromatic heterocycles. The lowest BCUT2D eigenvalue weighted by Gasteiger charge is -2.07. The number of thioether (sulfide) groups is 1. The lowest BCUT2D eigenvalue weighted by molar-refractivity contribution is -0.385. The van der Waals surface area contributed by atoms with Crippen LogP contribution in [-0.2, 0) is 0 Å². The van der Waals surface area contributed by atoms with Gasteiger partial charge in [0.1, 0.15) is 0 Å². The Morgan fingerprint density at radius 2 is 2.18 bits per heavy atom. The summed E-state index contributed by atoms with van der Waals surface area (Å²) in [6, 6.07) is 3.52. The molecule has 3 nitrogen and oxygen atoms in total. The average molecular weight is 282 g/mol. The predicted octanol–water partition coefficient (Wildman–Crippen LogP) is 4.25. The van der Waals surface area contributed by atoms with Gasteiger partial charge in [-0.1, -0.05) is 0 Å². The molecule has 0 aliphatic rings. The number of rotatable bonds is 6. The molecular formula is C10H10ClF2NO2S. The summed E-state index contributed by atoms with van der Waals surface area (Å²) >= 11 is 6.72. The second-order valence-electron chi connectivity index (χ2n) is 3.17. The first-order chi connectivity index (χ1) is 8.06. The minimum absolute atomic E-state index is 0.293. The molecule has 0 heterocycles. The van der Waals surface area contributed by atoms with Crippen molar-refractivity contribution in [3.63, 3.8) is 0 Å². The van der Waals surface area contributed by atoms with Gasteiger partial charge in [0.25, 0.3) is 12.1 Å². The van der Waals surface area contributed by atoms with Crippen molar-refractivity contribution in [1.29, 1.82) is 0 Å². The number of nitrogens with zero attached hydrogens (tertiary/aromatic N) is 1. The van der Waals surface area contributed by atoms with Crippen LogP contribution in [0.2, 0.25) is 0 Å². The SMILES string of the molecule is O=[N+]([O-])c1ccc(SCCCCl)c(C(F)F)c1.